The van der Waals surface area contributed by atoms with Crippen molar-refractivity contribution in [2.24, 2.45) is 0 Å². The van der Waals surface area contributed by atoms with Crippen LogP contribution in [0, 0.1) is 6.92 Å². The predicted octanol–water partition coefficient (Wildman–Crippen LogP) is 3.37. The Labute approximate surface area is 86.7 Å². The lowest BCUT2D eigenvalue weighted by Crippen LogP contribution is -2.28. The molecule has 1 heterocycles. The van der Waals surface area contributed by atoms with Crippen molar-refractivity contribution in [2.45, 2.75) is 39.2 Å². The Bertz CT molecular complexity index is 289. The van der Waals surface area contributed by atoms with Crippen LogP contribution >= 0.6 is 0 Å². The first-order valence-electron chi connectivity index (χ1n) is 5.64. The largest absolute Gasteiger partial charge is 0.369 e. The second-order valence-electron chi connectivity index (χ2n) is 4.23. The molecule has 14 heavy (non-hydrogen) atoms. The Kier molecular flexibility index (Phi) is 2.76. The number of aryl methyl sites for hydroxylation is 1. The lowest BCUT2D eigenvalue weighted by molar-refractivity contribution is 0.645. The molecule has 1 aliphatic rings. The summed E-state index contributed by atoms with van der Waals surface area (Å²) in [4.78, 5) is 2.56. The molecule has 2 rings (SSSR count). The highest BCUT2D eigenvalue weighted by Crippen LogP contribution is 2.27. The molecule has 0 saturated carbocycles. The van der Waals surface area contributed by atoms with Crippen molar-refractivity contribution in [1.29, 1.82) is 0 Å². The van der Waals surface area contributed by atoms with Gasteiger partial charge in [0.05, 0.1) is 0 Å². The molecule has 0 bridgehead atoms. The van der Waals surface area contributed by atoms with Crippen molar-refractivity contribution in [3.05, 3.63) is 29.8 Å². The van der Waals surface area contributed by atoms with E-state index in [4.69, 9.17) is 0 Å². The number of hydrogen-bond donors (Lipinski definition) is 0. The molecule has 0 spiro atoms. The predicted molar refractivity (Wildman–Crippen MR) is 61.8 cm³/mol. The molecule has 1 aliphatic heterocycles. The maximum absolute atomic E-state index is 2.56. The molecule has 1 saturated heterocycles. The van der Waals surface area contributed by atoms with Crippen molar-refractivity contribution < 1.29 is 0 Å². The summed E-state index contributed by atoms with van der Waals surface area (Å²) in [5.74, 6) is 0. The van der Waals surface area contributed by atoms with Crippen LogP contribution in [0.25, 0.3) is 0 Å². The minimum Gasteiger partial charge on any atom is -0.369 e. The van der Waals surface area contributed by atoms with Gasteiger partial charge in [-0.1, -0.05) is 24.6 Å². The molecule has 1 aromatic rings. The van der Waals surface area contributed by atoms with E-state index < -0.39 is 0 Å². The normalized spacial score (nSPS) is 21.6. The monoisotopic (exact) mass is 189 g/mol. The van der Waals surface area contributed by atoms with E-state index in [2.05, 4.69) is 43.0 Å². The quantitative estimate of drug-likeness (QED) is 0.689. The van der Waals surface area contributed by atoms with Gasteiger partial charge < -0.3 is 4.90 Å². The van der Waals surface area contributed by atoms with E-state index in [1.54, 1.807) is 0 Å². The first-order valence-corrected chi connectivity index (χ1v) is 5.64. The lowest BCUT2D eigenvalue weighted by Gasteiger charge is -2.25. The molecule has 0 amide bonds. The molecule has 0 aromatic heterocycles. The zero-order valence-electron chi connectivity index (χ0n) is 9.16. The molecule has 0 unspecified atom stereocenters. The number of anilines is 1. The highest BCUT2D eigenvalue weighted by molar-refractivity contribution is 5.49. The van der Waals surface area contributed by atoms with Gasteiger partial charge in [0.1, 0.15) is 0 Å². The van der Waals surface area contributed by atoms with Crippen LogP contribution in [0.1, 0.15) is 31.7 Å². The van der Waals surface area contributed by atoms with E-state index >= 15 is 0 Å². The van der Waals surface area contributed by atoms with Gasteiger partial charge in [-0.15, -0.1) is 0 Å². The second kappa shape index (κ2) is 4.04. The van der Waals surface area contributed by atoms with Crippen LogP contribution in [-0.2, 0) is 0 Å². The maximum atomic E-state index is 2.56. The Morgan fingerprint density at radius 3 is 2.64 bits per heavy atom. The summed E-state index contributed by atoms with van der Waals surface area (Å²) < 4.78 is 0. The van der Waals surface area contributed by atoms with Crippen LogP contribution in [0.15, 0.2) is 24.3 Å². The Morgan fingerprint density at radius 1 is 1.29 bits per heavy atom. The third kappa shape index (κ3) is 1.77. The molecule has 1 nitrogen and oxygen atoms in total. The van der Waals surface area contributed by atoms with Gasteiger partial charge in [-0.25, -0.2) is 0 Å². The summed E-state index contributed by atoms with van der Waals surface area (Å²) in [6.07, 6.45) is 3.99. The fraction of sp³-hybridized carbons (Fsp3) is 0.538. The second-order valence-corrected chi connectivity index (χ2v) is 4.23. The average molecular weight is 189 g/mol. The zero-order valence-corrected chi connectivity index (χ0v) is 9.16. The van der Waals surface area contributed by atoms with Gasteiger partial charge in [0.15, 0.2) is 0 Å². The smallest absolute Gasteiger partial charge is 0.0368 e. The van der Waals surface area contributed by atoms with Crippen molar-refractivity contribution in [1.82, 2.24) is 0 Å². The van der Waals surface area contributed by atoms with Gasteiger partial charge in [0.2, 0.25) is 0 Å². The van der Waals surface area contributed by atoms with Gasteiger partial charge in [-0.2, -0.15) is 0 Å². The van der Waals surface area contributed by atoms with Crippen molar-refractivity contribution in [3.8, 4) is 0 Å². The number of hydrogen-bond acceptors (Lipinski definition) is 1. The lowest BCUT2D eigenvalue weighted by atomic mass is 10.1. The summed E-state index contributed by atoms with van der Waals surface area (Å²) >= 11 is 0. The van der Waals surface area contributed by atoms with Crippen molar-refractivity contribution >= 4 is 5.69 Å². The summed E-state index contributed by atoms with van der Waals surface area (Å²) in [5.41, 5.74) is 2.75. The SMILES string of the molecule is CC[C@@H]1CCCN1c1ccc(C)cc1. The number of nitrogens with zero attached hydrogens (tertiary/aromatic N) is 1. The molecule has 1 heteroatoms. The summed E-state index contributed by atoms with van der Waals surface area (Å²) in [6.45, 7) is 5.67. The highest BCUT2D eigenvalue weighted by Gasteiger charge is 2.22. The molecule has 1 aromatic carbocycles. The fourth-order valence-corrected chi connectivity index (χ4v) is 2.34. The van der Waals surface area contributed by atoms with Gasteiger partial charge in [-0.05, 0) is 38.3 Å². The molecule has 0 aliphatic carbocycles. The fourth-order valence-electron chi connectivity index (χ4n) is 2.34. The molecule has 1 atom stereocenters. The minimum absolute atomic E-state index is 0.776. The van der Waals surface area contributed by atoms with Gasteiger partial charge in [-0.3, -0.25) is 0 Å². The van der Waals surface area contributed by atoms with E-state index in [1.807, 2.05) is 0 Å². The Hall–Kier alpha value is -0.980. The molecule has 1 fully saturated rings. The summed E-state index contributed by atoms with van der Waals surface area (Å²) in [6, 6.07) is 9.70. The Balaban J connectivity index is 2.17. The molecule has 0 N–H and O–H groups in total. The molecule has 0 radical (unpaired) electrons. The molecular formula is C13H19N. The number of benzene rings is 1. The first-order chi connectivity index (χ1) is 6.81. The van der Waals surface area contributed by atoms with Crippen LogP contribution in [0.2, 0.25) is 0 Å². The third-order valence-corrected chi connectivity index (χ3v) is 3.21. The van der Waals surface area contributed by atoms with Gasteiger partial charge in [0.25, 0.3) is 0 Å². The maximum Gasteiger partial charge on any atom is 0.0368 e. The average Bonchev–Trinajstić information content (AvgIpc) is 2.67. The summed E-state index contributed by atoms with van der Waals surface area (Å²) in [5, 5.41) is 0. The first kappa shape index (κ1) is 9.57. The van der Waals surface area contributed by atoms with E-state index in [9.17, 15) is 0 Å². The summed E-state index contributed by atoms with van der Waals surface area (Å²) in [7, 11) is 0. The molecular weight excluding hydrogens is 170 g/mol. The third-order valence-electron chi connectivity index (χ3n) is 3.21. The van der Waals surface area contributed by atoms with Crippen molar-refractivity contribution in [2.75, 3.05) is 11.4 Å². The zero-order chi connectivity index (χ0) is 9.97. The van der Waals surface area contributed by atoms with E-state index in [0.29, 0.717) is 0 Å². The van der Waals surface area contributed by atoms with E-state index in [0.717, 1.165) is 6.04 Å². The van der Waals surface area contributed by atoms with Crippen LogP contribution in [0.3, 0.4) is 0 Å². The highest BCUT2D eigenvalue weighted by atomic mass is 15.2. The van der Waals surface area contributed by atoms with Crippen LogP contribution < -0.4 is 4.90 Å². The minimum atomic E-state index is 0.776. The van der Waals surface area contributed by atoms with Crippen LogP contribution in [0.5, 0.6) is 0 Å². The van der Waals surface area contributed by atoms with Crippen molar-refractivity contribution in [3.63, 3.8) is 0 Å². The standard InChI is InChI=1S/C13H19N/c1-3-12-5-4-10-14(12)13-8-6-11(2)7-9-13/h6-9,12H,3-5,10H2,1-2H3/t12-/m1/s1. The topological polar surface area (TPSA) is 3.24 Å². The number of rotatable bonds is 2. The van der Waals surface area contributed by atoms with E-state index in [1.165, 1.54) is 37.1 Å². The van der Waals surface area contributed by atoms with Crippen LogP contribution in [0.4, 0.5) is 5.69 Å². The Morgan fingerprint density at radius 2 is 2.00 bits per heavy atom. The van der Waals surface area contributed by atoms with Crippen LogP contribution in [-0.4, -0.2) is 12.6 Å². The molecule has 76 valence electrons. The van der Waals surface area contributed by atoms with Gasteiger partial charge in [0, 0.05) is 18.3 Å². The van der Waals surface area contributed by atoms with Gasteiger partial charge >= 0.3 is 0 Å². The van der Waals surface area contributed by atoms with E-state index in [-0.39, 0.29) is 0 Å².